The maximum atomic E-state index is 12.6. The summed E-state index contributed by atoms with van der Waals surface area (Å²) in [6, 6.07) is 17.2. The lowest BCUT2D eigenvalue weighted by molar-refractivity contribution is 0.102. The quantitative estimate of drug-likeness (QED) is 0.542. The van der Waals surface area contributed by atoms with E-state index in [1.807, 2.05) is 38.1 Å². The molecule has 142 valence electrons. The number of anilines is 2. The molecular weight excluding hydrogens is 395 g/mol. The van der Waals surface area contributed by atoms with E-state index in [2.05, 4.69) is 10.6 Å². The summed E-state index contributed by atoms with van der Waals surface area (Å²) in [6.45, 7) is 3.72. The summed E-state index contributed by atoms with van der Waals surface area (Å²) in [5.74, 6) is -0.695. The van der Waals surface area contributed by atoms with E-state index in [0.717, 1.165) is 11.1 Å². The molecular formula is C22H18Cl2N2O2. The van der Waals surface area contributed by atoms with Gasteiger partial charge in [0.05, 0.1) is 21.4 Å². The van der Waals surface area contributed by atoms with Crippen LogP contribution < -0.4 is 10.6 Å². The molecule has 6 heteroatoms. The summed E-state index contributed by atoms with van der Waals surface area (Å²) in [4.78, 5) is 25.3. The number of benzene rings is 3. The minimum Gasteiger partial charge on any atom is -0.320 e. The molecule has 0 fully saturated rings. The van der Waals surface area contributed by atoms with Crippen LogP contribution in [0, 0.1) is 13.8 Å². The third kappa shape index (κ3) is 4.35. The molecule has 0 saturated heterocycles. The third-order valence-corrected chi connectivity index (χ3v) is 4.94. The number of hydrogen-bond donors (Lipinski definition) is 2. The van der Waals surface area contributed by atoms with Gasteiger partial charge in [0.1, 0.15) is 0 Å². The predicted molar refractivity (Wildman–Crippen MR) is 115 cm³/mol. The van der Waals surface area contributed by atoms with Gasteiger partial charge in [-0.25, -0.2) is 0 Å². The zero-order valence-corrected chi connectivity index (χ0v) is 16.9. The number of aryl methyl sites for hydroxylation is 2. The average molecular weight is 413 g/mol. The first kappa shape index (κ1) is 19.9. The molecule has 3 rings (SSSR count). The second-order valence-corrected chi connectivity index (χ2v) is 7.17. The van der Waals surface area contributed by atoms with Crippen molar-refractivity contribution in [1.82, 2.24) is 0 Å². The molecule has 0 heterocycles. The topological polar surface area (TPSA) is 58.2 Å². The fourth-order valence-electron chi connectivity index (χ4n) is 2.75. The Morgan fingerprint density at radius 1 is 0.679 bits per heavy atom. The Bertz CT molecular complexity index is 943. The molecule has 0 aliphatic rings. The highest BCUT2D eigenvalue weighted by molar-refractivity contribution is 6.34. The van der Waals surface area contributed by atoms with E-state index in [-0.39, 0.29) is 11.8 Å². The summed E-state index contributed by atoms with van der Waals surface area (Å²) in [7, 11) is 0. The van der Waals surface area contributed by atoms with Crippen molar-refractivity contribution in [2.24, 2.45) is 0 Å². The Labute approximate surface area is 173 Å². The molecule has 0 aliphatic heterocycles. The van der Waals surface area contributed by atoms with Crippen molar-refractivity contribution in [3.05, 3.63) is 93.0 Å². The van der Waals surface area contributed by atoms with Crippen molar-refractivity contribution in [2.75, 3.05) is 10.6 Å². The van der Waals surface area contributed by atoms with Gasteiger partial charge in [0.2, 0.25) is 0 Å². The van der Waals surface area contributed by atoms with E-state index >= 15 is 0 Å². The Morgan fingerprint density at radius 3 is 1.46 bits per heavy atom. The van der Waals surface area contributed by atoms with Crippen molar-refractivity contribution < 1.29 is 9.59 Å². The first-order valence-corrected chi connectivity index (χ1v) is 9.35. The van der Waals surface area contributed by atoms with Crippen LogP contribution in [-0.4, -0.2) is 11.8 Å². The fourth-order valence-corrected chi connectivity index (χ4v) is 3.29. The molecule has 2 amide bonds. The van der Waals surface area contributed by atoms with Crippen LogP contribution in [0.4, 0.5) is 11.4 Å². The van der Waals surface area contributed by atoms with E-state index in [1.54, 1.807) is 30.3 Å². The molecule has 0 saturated carbocycles. The lowest BCUT2D eigenvalue weighted by atomic mass is 10.1. The van der Waals surface area contributed by atoms with E-state index in [0.29, 0.717) is 32.5 Å². The number of carbonyl (C=O) groups is 2. The predicted octanol–water partition coefficient (Wildman–Crippen LogP) is 6.11. The molecule has 2 N–H and O–H groups in total. The average Bonchev–Trinajstić information content (AvgIpc) is 2.67. The normalized spacial score (nSPS) is 10.4. The Morgan fingerprint density at radius 2 is 1.07 bits per heavy atom. The Balaban J connectivity index is 1.82. The molecule has 0 spiro atoms. The molecule has 3 aromatic carbocycles. The van der Waals surface area contributed by atoms with Gasteiger partial charge < -0.3 is 10.6 Å². The van der Waals surface area contributed by atoms with Crippen molar-refractivity contribution in [3.8, 4) is 0 Å². The summed E-state index contributed by atoms with van der Waals surface area (Å²) in [5, 5.41) is 6.52. The maximum Gasteiger partial charge on any atom is 0.255 e. The molecule has 0 unspecified atom stereocenters. The number of hydrogen-bond acceptors (Lipinski definition) is 2. The van der Waals surface area contributed by atoms with Crippen LogP contribution in [0.2, 0.25) is 10.0 Å². The molecule has 0 radical (unpaired) electrons. The zero-order valence-electron chi connectivity index (χ0n) is 15.3. The van der Waals surface area contributed by atoms with E-state index in [1.165, 1.54) is 6.07 Å². The van der Waals surface area contributed by atoms with Gasteiger partial charge >= 0.3 is 0 Å². The molecule has 0 atom stereocenters. The van der Waals surface area contributed by atoms with Gasteiger partial charge in [0, 0.05) is 11.1 Å². The van der Waals surface area contributed by atoms with Gasteiger partial charge in [-0.15, -0.1) is 0 Å². The number of amides is 2. The minimum absolute atomic E-state index is 0.347. The van der Waals surface area contributed by atoms with Crippen LogP contribution in [0.3, 0.4) is 0 Å². The van der Waals surface area contributed by atoms with Gasteiger partial charge in [-0.1, -0.05) is 53.5 Å². The van der Waals surface area contributed by atoms with Crippen LogP contribution in [0.25, 0.3) is 0 Å². The standard InChI is InChI=1S/C22H18Cl2N2O2/c1-13-6-3-10-17(23)19(13)25-21(27)15-8-5-9-16(12-15)22(28)26-20-14(2)7-4-11-18(20)24/h3-12H,1-2H3,(H,25,27)(H,26,28). The zero-order chi connectivity index (χ0) is 20.3. The van der Waals surface area contributed by atoms with Gasteiger partial charge in [-0.3, -0.25) is 9.59 Å². The number of nitrogens with one attached hydrogen (secondary N) is 2. The summed E-state index contributed by atoms with van der Waals surface area (Å²) >= 11 is 12.3. The lowest BCUT2D eigenvalue weighted by Crippen LogP contribution is -2.16. The van der Waals surface area contributed by atoms with E-state index in [9.17, 15) is 9.59 Å². The third-order valence-electron chi connectivity index (χ3n) is 4.31. The second-order valence-electron chi connectivity index (χ2n) is 6.35. The van der Waals surface area contributed by atoms with Crippen LogP contribution in [0.5, 0.6) is 0 Å². The molecule has 0 aliphatic carbocycles. The van der Waals surface area contributed by atoms with Crippen LogP contribution in [0.1, 0.15) is 31.8 Å². The summed E-state index contributed by atoms with van der Waals surface area (Å²) in [6.07, 6.45) is 0. The highest BCUT2D eigenvalue weighted by Crippen LogP contribution is 2.27. The van der Waals surface area contributed by atoms with E-state index < -0.39 is 0 Å². The van der Waals surface area contributed by atoms with Crippen molar-refractivity contribution in [1.29, 1.82) is 0 Å². The minimum atomic E-state index is -0.347. The fraction of sp³-hybridized carbons (Fsp3) is 0.0909. The van der Waals surface area contributed by atoms with Gasteiger partial charge in [0.15, 0.2) is 0 Å². The van der Waals surface area contributed by atoms with Gasteiger partial charge in [-0.05, 0) is 55.3 Å². The number of halogens is 2. The SMILES string of the molecule is Cc1cccc(Cl)c1NC(=O)c1cccc(C(=O)Nc2c(C)cccc2Cl)c1. The lowest BCUT2D eigenvalue weighted by Gasteiger charge is -2.12. The highest BCUT2D eigenvalue weighted by Gasteiger charge is 2.14. The largest absolute Gasteiger partial charge is 0.320 e. The van der Waals surface area contributed by atoms with Crippen molar-refractivity contribution >= 4 is 46.4 Å². The molecule has 0 aromatic heterocycles. The Kier molecular flexibility index (Phi) is 6.02. The number of para-hydroxylation sites is 2. The summed E-state index contributed by atoms with van der Waals surface area (Å²) in [5.41, 5.74) is 3.50. The van der Waals surface area contributed by atoms with Gasteiger partial charge in [-0.2, -0.15) is 0 Å². The van der Waals surface area contributed by atoms with Crippen LogP contribution in [0.15, 0.2) is 60.7 Å². The number of carbonyl (C=O) groups excluding carboxylic acids is 2. The van der Waals surface area contributed by atoms with Gasteiger partial charge in [0.25, 0.3) is 11.8 Å². The maximum absolute atomic E-state index is 12.6. The monoisotopic (exact) mass is 412 g/mol. The molecule has 28 heavy (non-hydrogen) atoms. The van der Waals surface area contributed by atoms with E-state index in [4.69, 9.17) is 23.2 Å². The first-order chi connectivity index (χ1) is 13.4. The first-order valence-electron chi connectivity index (χ1n) is 8.60. The van der Waals surface area contributed by atoms with Crippen LogP contribution >= 0.6 is 23.2 Å². The summed E-state index contributed by atoms with van der Waals surface area (Å²) < 4.78 is 0. The van der Waals surface area contributed by atoms with Crippen molar-refractivity contribution in [2.45, 2.75) is 13.8 Å². The highest BCUT2D eigenvalue weighted by atomic mass is 35.5. The Hall–Kier alpha value is -2.82. The number of rotatable bonds is 4. The molecule has 0 bridgehead atoms. The van der Waals surface area contributed by atoms with Crippen LogP contribution in [-0.2, 0) is 0 Å². The van der Waals surface area contributed by atoms with Crippen molar-refractivity contribution in [3.63, 3.8) is 0 Å². The molecule has 4 nitrogen and oxygen atoms in total. The smallest absolute Gasteiger partial charge is 0.255 e. The second kappa shape index (κ2) is 8.46. The molecule has 3 aromatic rings.